The lowest BCUT2D eigenvalue weighted by molar-refractivity contribution is -0.537. The quantitative estimate of drug-likeness (QED) is 0.519. The Labute approximate surface area is 89.6 Å². The maximum atomic E-state index is 11.8. The maximum absolute atomic E-state index is 11.8. The van der Waals surface area contributed by atoms with Crippen LogP contribution in [-0.2, 0) is 6.42 Å². The number of rotatable bonds is 1. The van der Waals surface area contributed by atoms with Gasteiger partial charge in [0.25, 0.3) is 0 Å². The van der Waals surface area contributed by atoms with Gasteiger partial charge in [0, 0.05) is 20.3 Å². The number of methoxy groups -OCH3 is 1. The summed E-state index contributed by atoms with van der Waals surface area (Å²) in [6, 6.07) is 5.88. The summed E-state index contributed by atoms with van der Waals surface area (Å²) in [5.74, 6) is 0.767. The molecule has 0 bridgehead atoms. The van der Waals surface area contributed by atoms with E-state index >= 15 is 0 Å². The van der Waals surface area contributed by atoms with Crippen LogP contribution in [0.1, 0.15) is 25.0 Å². The zero-order valence-corrected chi connectivity index (χ0v) is 9.28. The molecule has 0 aliphatic carbocycles. The van der Waals surface area contributed by atoms with Gasteiger partial charge >= 0.3 is 0 Å². The Balaban J connectivity index is 2.57. The number of ether oxygens (including phenoxy) is 1. The molecular formula is C12H15NO2. The molecule has 1 aliphatic rings. The SMILES string of the molecule is COc1cccc2c1C=[N+]([O-])C(C)(C)C2. The summed E-state index contributed by atoms with van der Waals surface area (Å²) >= 11 is 0. The average molecular weight is 205 g/mol. The average Bonchev–Trinajstić information content (AvgIpc) is 2.18. The van der Waals surface area contributed by atoms with Crippen molar-refractivity contribution < 1.29 is 9.48 Å². The molecule has 1 aliphatic heterocycles. The smallest absolute Gasteiger partial charge is 0.186 e. The maximum Gasteiger partial charge on any atom is 0.186 e. The van der Waals surface area contributed by atoms with Gasteiger partial charge < -0.3 is 9.94 Å². The zero-order chi connectivity index (χ0) is 11.1. The number of fused-ring (bicyclic) bond motifs is 1. The van der Waals surface area contributed by atoms with Crippen molar-refractivity contribution in [1.29, 1.82) is 0 Å². The fraction of sp³-hybridized carbons (Fsp3) is 0.417. The highest BCUT2D eigenvalue weighted by Crippen LogP contribution is 2.28. The van der Waals surface area contributed by atoms with E-state index in [0.29, 0.717) is 0 Å². The minimum atomic E-state index is -0.362. The first kappa shape index (κ1) is 10.0. The standard InChI is InChI=1S/C12H15NO2/c1-12(2)7-9-5-4-6-11(15-3)10(9)8-13(12)14/h4-6,8H,7H2,1-3H3. The molecule has 0 spiro atoms. The first-order valence-electron chi connectivity index (χ1n) is 5.02. The Hall–Kier alpha value is -1.51. The molecule has 15 heavy (non-hydrogen) atoms. The Bertz CT molecular complexity index is 422. The van der Waals surface area contributed by atoms with E-state index in [4.69, 9.17) is 4.74 Å². The van der Waals surface area contributed by atoms with Crippen LogP contribution in [-0.4, -0.2) is 23.6 Å². The molecule has 3 nitrogen and oxygen atoms in total. The summed E-state index contributed by atoms with van der Waals surface area (Å²) in [4.78, 5) is 0. The van der Waals surface area contributed by atoms with Gasteiger partial charge in [0.1, 0.15) is 5.75 Å². The van der Waals surface area contributed by atoms with E-state index in [0.717, 1.165) is 22.5 Å². The van der Waals surface area contributed by atoms with Crippen LogP contribution >= 0.6 is 0 Å². The van der Waals surface area contributed by atoms with Crippen molar-refractivity contribution in [3.63, 3.8) is 0 Å². The molecule has 1 aromatic rings. The van der Waals surface area contributed by atoms with Gasteiger partial charge in [0.15, 0.2) is 11.8 Å². The van der Waals surface area contributed by atoms with Crippen LogP contribution in [0, 0.1) is 5.21 Å². The molecule has 0 radical (unpaired) electrons. The second-order valence-electron chi connectivity index (χ2n) is 4.48. The molecule has 0 saturated heterocycles. The van der Waals surface area contributed by atoms with Gasteiger partial charge in [-0.3, -0.25) is 0 Å². The lowest BCUT2D eigenvalue weighted by Gasteiger charge is -2.28. The van der Waals surface area contributed by atoms with Gasteiger partial charge in [-0.1, -0.05) is 12.1 Å². The minimum Gasteiger partial charge on any atom is -0.623 e. The first-order chi connectivity index (χ1) is 7.04. The molecule has 0 N–H and O–H groups in total. The fourth-order valence-corrected chi connectivity index (χ4v) is 1.90. The monoisotopic (exact) mass is 205 g/mol. The van der Waals surface area contributed by atoms with Gasteiger partial charge in [-0.15, -0.1) is 0 Å². The van der Waals surface area contributed by atoms with E-state index in [9.17, 15) is 5.21 Å². The largest absolute Gasteiger partial charge is 0.623 e. The molecule has 0 atom stereocenters. The van der Waals surface area contributed by atoms with E-state index < -0.39 is 0 Å². The summed E-state index contributed by atoms with van der Waals surface area (Å²) in [5.41, 5.74) is 1.72. The van der Waals surface area contributed by atoms with Gasteiger partial charge in [-0.2, -0.15) is 0 Å². The van der Waals surface area contributed by atoms with Crippen LogP contribution < -0.4 is 4.74 Å². The van der Waals surface area contributed by atoms with Crippen LogP contribution in [0.3, 0.4) is 0 Å². The number of hydrogen-bond donors (Lipinski definition) is 0. The van der Waals surface area contributed by atoms with E-state index in [1.54, 1.807) is 13.3 Å². The van der Waals surface area contributed by atoms with Gasteiger partial charge in [0.05, 0.1) is 12.7 Å². The van der Waals surface area contributed by atoms with E-state index in [2.05, 4.69) is 0 Å². The van der Waals surface area contributed by atoms with E-state index in [1.165, 1.54) is 5.56 Å². The highest BCUT2D eigenvalue weighted by Gasteiger charge is 2.32. The molecule has 1 aromatic carbocycles. The summed E-state index contributed by atoms with van der Waals surface area (Å²) in [6.07, 6.45) is 2.37. The van der Waals surface area contributed by atoms with E-state index in [-0.39, 0.29) is 5.54 Å². The third kappa shape index (κ3) is 1.58. The Morgan fingerprint density at radius 1 is 1.40 bits per heavy atom. The van der Waals surface area contributed by atoms with E-state index in [1.807, 2.05) is 32.0 Å². The number of nitrogens with zero attached hydrogens (tertiary/aromatic N) is 1. The van der Waals surface area contributed by atoms with Crippen molar-refractivity contribution in [2.75, 3.05) is 7.11 Å². The lowest BCUT2D eigenvalue weighted by atomic mass is 9.89. The third-order valence-electron chi connectivity index (χ3n) is 2.84. The van der Waals surface area contributed by atoms with Gasteiger partial charge in [0.2, 0.25) is 0 Å². The number of hydrogen-bond acceptors (Lipinski definition) is 2. The summed E-state index contributed by atoms with van der Waals surface area (Å²) in [7, 11) is 1.62. The second kappa shape index (κ2) is 3.26. The van der Waals surface area contributed by atoms with Crippen molar-refractivity contribution in [2.24, 2.45) is 0 Å². The van der Waals surface area contributed by atoms with Crippen LogP contribution in [0.2, 0.25) is 0 Å². The summed E-state index contributed by atoms with van der Waals surface area (Å²) in [5, 5.41) is 11.8. The molecule has 2 rings (SSSR count). The minimum absolute atomic E-state index is 0.362. The molecule has 3 heteroatoms. The molecule has 1 heterocycles. The lowest BCUT2D eigenvalue weighted by Crippen LogP contribution is -2.39. The van der Waals surface area contributed by atoms with Gasteiger partial charge in [-0.05, 0) is 11.6 Å². The summed E-state index contributed by atoms with van der Waals surface area (Å²) < 4.78 is 6.24. The fourth-order valence-electron chi connectivity index (χ4n) is 1.90. The Morgan fingerprint density at radius 2 is 2.13 bits per heavy atom. The molecule has 0 aromatic heterocycles. The van der Waals surface area contributed by atoms with Crippen molar-refractivity contribution in [3.8, 4) is 5.75 Å². The third-order valence-corrected chi connectivity index (χ3v) is 2.84. The van der Waals surface area contributed by atoms with Crippen LogP contribution in [0.4, 0.5) is 0 Å². The predicted molar refractivity (Wildman–Crippen MR) is 59.6 cm³/mol. The predicted octanol–water partition coefficient (Wildman–Crippen LogP) is 1.96. The second-order valence-corrected chi connectivity index (χ2v) is 4.48. The molecule has 80 valence electrons. The molecule has 0 saturated carbocycles. The number of benzene rings is 1. The molecule has 0 unspecified atom stereocenters. The van der Waals surface area contributed by atoms with Crippen LogP contribution in [0.5, 0.6) is 5.75 Å². The topological polar surface area (TPSA) is 35.3 Å². The molecule has 0 fully saturated rings. The Kier molecular flexibility index (Phi) is 2.18. The highest BCUT2D eigenvalue weighted by atomic mass is 16.5. The van der Waals surface area contributed by atoms with Crippen molar-refractivity contribution in [1.82, 2.24) is 0 Å². The first-order valence-corrected chi connectivity index (χ1v) is 5.02. The molecule has 0 amide bonds. The van der Waals surface area contributed by atoms with Crippen molar-refractivity contribution >= 4 is 6.21 Å². The Morgan fingerprint density at radius 3 is 2.80 bits per heavy atom. The van der Waals surface area contributed by atoms with Gasteiger partial charge in [-0.25, -0.2) is 4.74 Å². The van der Waals surface area contributed by atoms with Crippen LogP contribution in [0.15, 0.2) is 18.2 Å². The molecular weight excluding hydrogens is 190 g/mol. The normalized spacial score (nSPS) is 17.9. The number of hydroxylamine groups is 1. The summed E-state index contributed by atoms with van der Waals surface area (Å²) in [6.45, 7) is 3.89. The van der Waals surface area contributed by atoms with Crippen LogP contribution in [0.25, 0.3) is 0 Å². The zero-order valence-electron chi connectivity index (χ0n) is 9.28. The van der Waals surface area contributed by atoms with Crippen molar-refractivity contribution in [3.05, 3.63) is 34.5 Å². The van der Waals surface area contributed by atoms with Crippen molar-refractivity contribution in [2.45, 2.75) is 25.8 Å². The highest BCUT2D eigenvalue weighted by molar-refractivity contribution is 5.83.